The maximum absolute atomic E-state index is 14.3. The van der Waals surface area contributed by atoms with Gasteiger partial charge in [-0.15, -0.1) is 0 Å². The summed E-state index contributed by atoms with van der Waals surface area (Å²) in [5.41, 5.74) is 4.39. The molecule has 43 heavy (non-hydrogen) atoms. The van der Waals surface area contributed by atoms with Crippen LogP contribution in [0.25, 0.3) is 11.1 Å². The van der Waals surface area contributed by atoms with E-state index >= 15 is 0 Å². The topological polar surface area (TPSA) is 174 Å². The van der Waals surface area contributed by atoms with E-state index in [0.717, 1.165) is 5.56 Å². The molecule has 6 atom stereocenters. The zero-order chi connectivity index (χ0) is 31.3. The molecular formula is C32H34N2O9. The van der Waals surface area contributed by atoms with E-state index in [1.807, 2.05) is 32.9 Å². The maximum Gasteiger partial charge on any atom is 0.235 e. The van der Waals surface area contributed by atoms with Crippen LogP contribution in [0.3, 0.4) is 0 Å². The summed E-state index contributed by atoms with van der Waals surface area (Å²) in [4.78, 5) is 69.1. The normalized spacial score (nSPS) is 29.8. The van der Waals surface area contributed by atoms with Crippen molar-refractivity contribution in [1.82, 2.24) is 4.90 Å². The van der Waals surface area contributed by atoms with Gasteiger partial charge in [0, 0.05) is 11.5 Å². The van der Waals surface area contributed by atoms with Gasteiger partial charge in [0.25, 0.3) is 0 Å². The molecule has 4 N–H and O–H groups in total. The Morgan fingerprint density at radius 2 is 1.72 bits per heavy atom. The van der Waals surface area contributed by atoms with Gasteiger partial charge in [-0.25, -0.2) is 0 Å². The molecule has 2 aromatic carbocycles. The maximum atomic E-state index is 14.3. The van der Waals surface area contributed by atoms with Crippen LogP contribution in [0.15, 0.2) is 24.3 Å². The first-order valence-electron chi connectivity index (χ1n) is 14.2. The molecule has 0 radical (unpaired) electrons. The molecule has 1 aliphatic heterocycles. The van der Waals surface area contributed by atoms with Gasteiger partial charge in [-0.3, -0.25) is 28.9 Å². The van der Waals surface area contributed by atoms with Crippen LogP contribution in [0, 0.1) is 23.7 Å². The average molecular weight is 591 g/mol. The molecule has 1 heterocycles. The highest BCUT2D eigenvalue weighted by atomic mass is 16.7. The fourth-order valence-electron chi connectivity index (χ4n) is 7.57. The van der Waals surface area contributed by atoms with Crippen LogP contribution >= 0.6 is 0 Å². The van der Waals surface area contributed by atoms with Crippen molar-refractivity contribution in [2.75, 3.05) is 20.9 Å². The van der Waals surface area contributed by atoms with Gasteiger partial charge in [0.15, 0.2) is 46.2 Å². The summed E-state index contributed by atoms with van der Waals surface area (Å²) >= 11 is 0. The third-order valence-corrected chi connectivity index (χ3v) is 9.55. The van der Waals surface area contributed by atoms with Crippen LogP contribution < -0.4 is 15.2 Å². The molecule has 2 aromatic rings. The first-order chi connectivity index (χ1) is 20.1. The van der Waals surface area contributed by atoms with Gasteiger partial charge in [0.05, 0.1) is 17.5 Å². The van der Waals surface area contributed by atoms with Crippen LogP contribution in [0.1, 0.15) is 48.7 Å². The first kappa shape index (κ1) is 29.0. The van der Waals surface area contributed by atoms with Crippen molar-refractivity contribution in [3.8, 4) is 28.4 Å². The molecule has 2 saturated carbocycles. The molecule has 11 nitrogen and oxygen atoms in total. The Kier molecular flexibility index (Phi) is 6.38. The van der Waals surface area contributed by atoms with E-state index in [1.54, 1.807) is 26.2 Å². The van der Waals surface area contributed by atoms with Gasteiger partial charge >= 0.3 is 0 Å². The summed E-state index contributed by atoms with van der Waals surface area (Å²) in [6.45, 7) is 5.73. The number of benzene rings is 2. The number of amides is 1. The highest BCUT2D eigenvalue weighted by Crippen LogP contribution is 2.53. The second kappa shape index (κ2) is 9.45. The number of nitrogens with two attached hydrogens (primary N) is 1. The number of hydrogen-bond donors (Lipinski definition) is 3. The minimum Gasteiger partial charge on any atom is -0.507 e. The molecule has 1 amide bonds. The largest absolute Gasteiger partial charge is 0.507 e. The number of fused-ring (bicyclic) bond motifs is 4. The first-order valence-corrected chi connectivity index (χ1v) is 14.2. The fraction of sp³-hybridized carbons (Fsp3) is 0.469. The molecule has 6 rings (SSSR count). The number of aliphatic hydroxyl groups is 1. The van der Waals surface area contributed by atoms with Crippen molar-refractivity contribution in [3.63, 3.8) is 0 Å². The summed E-state index contributed by atoms with van der Waals surface area (Å²) in [7, 11) is 3.11. The van der Waals surface area contributed by atoms with Crippen molar-refractivity contribution >= 4 is 29.0 Å². The minimum absolute atomic E-state index is 0.0216. The number of likely N-dealkylation sites (N-methyl/N-ethyl adjacent to an activating group) is 1. The quantitative estimate of drug-likeness (QED) is 0.445. The van der Waals surface area contributed by atoms with Gasteiger partial charge in [0.2, 0.25) is 12.7 Å². The summed E-state index contributed by atoms with van der Waals surface area (Å²) in [6.07, 6.45) is 0.139. The zero-order valence-electron chi connectivity index (χ0n) is 24.6. The van der Waals surface area contributed by atoms with Gasteiger partial charge in [-0.05, 0) is 73.2 Å². The van der Waals surface area contributed by atoms with Gasteiger partial charge in [0.1, 0.15) is 5.75 Å². The number of nitrogens with zero attached hydrogens (tertiary/aromatic N) is 1. The van der Waals surface area contributed by atoms with Crippen LogP contribution in [-0.2, 0) is 31.0 Å². The fourth-order valence-corrected chi connectivity index (χ4v) is 7.57. The van der Waals surface area contributed by atoms with E-state index in [4.69, 9.17) is 15.2 Å². The molecule has 0 aromatic heterocycles. The number of Topliss-reactive ketones (excluding diaryl/α,β-unsaturated/α-hetero) is 4. The third kappa shape index (κ3) is 3.97. The van der Waals surface area contributed by atoms with E-state index in [0.29, 0.717) is 28.2 Å². The summed E-state index contributed by atoms with van der Waals surface area (Å²) in [6, 6.07) is 6.08. The number of phenolic OH excluding ortho intramolecular Hbond substituents is 1. The molecule has 0 saturated heterocycles. The van der Waals surface area contributed by atoms with Crippen LogP contribution in [-0.4, -0.2) is 76.7 Å². The predicted octanol–water partition coefficient (Wildman–Crippen LogP) is 1.56. The molecule has 4 aliphatic rings. The standard InChI is InChI=1S/C32H34N2O9/c1-31(2,3)18-11-15(13-6-7-19-20(10-13)43-12-42-19)16-8-14-9-17-24(34(4)5)27(37)23(30(33)40)29(39)32(17,41)28(38)21(14)26(36)22(16)25(18)35/h6-7,10-11,14,17,21,23-24,35,41H,8-9,12H2,1-5H3,(H2,33,40)/t14-,17-,21?,23?,24-,32-/m1/s1. The van der Waals surface area contributed by atoms with Crippen molar-refractivity contribution in [1.29, 1.82) is 0 Å². The lowest BCUT2D eigenvalue weighted by Crippen LogP contribution is -2.74. The molecule has 0 bridgehead atoms. The van der Waals surface area contributed by atoms with Crippen LogP contribution in [0.2, 0.25) is 0 Å². The lowest BCUT2D eigenvalue weighted by atomic mass is 9.52. The molecule has 0 spiro atoms. The molecule has 11 heteroatoms. The van der Waals surface area contributed by atoms with E-state index in [1.165, 1.54) is 4.90 Å². The second-order valence-corrected chi connectivity index (χ2v) is 13.3. The predicted molar refractivity (Wildman–Crippen MR) is 152 cm³/mol. The van der Waals surface area contributed by atoms with E-state index in [-0.39, 0.29) is 30.9 Å². The Balaban J connectivity index is 1.54. The Morgan fingerprint density at radius 1 is 1.05 bits per heavy atom. The molecule has 226 valence electrons. The number of ether oxygens (including phenoxy) is 2. The van der Waals surface area contributed by atoms with E-state index < -0.39 is 69.8 Å². The Bertz CT molecular complexity index is 1640. The Labute approximate surface area is 247 Å². The van der Waals surface area contributed by atoms with Crippen molar-refractivity contribution in [2.24, 2.45) is 29.4 Å². The second-order valence-electron chi connectivity index (χ2n) is 13.3. The monoisotopic (exact) mass is 590 g/mol. The SMILES string of the molecule is CN(C)[C@H]1C(=O)C(C(N)=O)C(=O)[C@]2(O)C(=O)C3C(=O)c4c(O)c(C(C)(C)C)cc(-c5ccc6c(c5)OCO6)c4C[C@@H]3C[C@H]12. The van der Waals surface area contributed by atoms with Gasteiger partial charge in [-0.1, -0.05) is 26.8 Å². The highest BCUT2D eigenvalue weighted by molar-refractivity contribution is 6.32. The van der Waals surface area contributed by atoms with E-state index in [2.05, 4.69) is 0 Å². The summed E-state index contributed by atoms with van der Waals surface area (Å²) in [5.74, 6) is -9.61. The third-order valence-electron chi connectivity index (χ3n) is 9.55. The van der Waals surface area contributed by atoms with E-state index in [9.17, 15) is 34.2 Å². The summed E-state index contributed by atoms with van der Waals surface area (Å²) in [5, 5.41) is 23.4. The van der Waals surface area contributed by atoms with Crippen LogP contribution in [0.5, 0.6) is 17.2 Å². The number of carbonyl (C=O) groups excluding carboxylic acids is 5. The molecule has 3 aliphatic carbocycles. The van der Waals surface area contributed by atoms with Gasteiger partial charge < -0.3 is 25.4 Å². The van der Waals surface area contributed by atoms with Crippen LogP contribution in [0.4, 0.5) is 0 Å². The Hall–Kier alpha value is -4.09. The highest BCUT2D eigenvalue weighted by Gasteiger charge is 2.69. The Morgan fingerprint density at radius 3 is 2.35 bits per heavy atom. The number of phenols is 1. The number of ketones is 4. The minimum atomic E-state index is -2.77. The number of aromatic hydroxyl groups is 1. The van der Waals surface area contributed by atoms with Gasteiger partial charge in [-0.2, -0.15) is 0 Å². The lowest BCUT2D eigenvalue weighted by molar-refractivity contribution is -0.181. The molecule has 2 fully saturated rings. The average Bonchev–Trinajstić information content (AvgIpc) is 3.38. The number of primary amides is 1. The van der Waals surface area contributed by atoms with Crippen molar-refractivity contribution < 1.29 is 43.7 Å². The number of hydrogen-bond acceptors (Lipinski definition) is 10. The molecular weight excluding hydrogens is 556 g/mol. The number of carbonyl (C=O) groups is 5. The van der Waals surface area contributed by atoms with Crippen molar-refractivity contribution in [3.05, 3.63) is 41.0 Å². The summed E-state index contributed by atoms with van der Waals surface area (Å²) < 4.78 is 11.0. The zero-order valence-corrected chi connectivity index (χ0v) is 24.6. The number of rotatable bonds is 3. The smallest absolute Gasteiger partial charge is 0.235 e. The van der Waals surface area contributed by atoms with Crippen molar-refractivity contribution in [2.45, 2.75) is 50.7 Å². The molecule has 2 unspecified atom stereocenters. The lowest BCUT2D eigenvalue weighted by Gasteiger charge is -2.52.